The van der Waals surface area contributed by atoms with Gasteiger partial charge in [0.2, 0.25) is 0 Å². The van der Waals surface area contributed by atoms with E-state index in [1.807, 2.05) is 35.7 Å². The quantitative estimate of drug-likeness (QED) is 0.178. The fourth-order valence-corrected chi connectivity index (χ4v) is 3.32. The van der Waals surface area contributed by atoms with Crippen LogP contribution in [0.4, 0.5) is 5.69 Å². The average Bonchev–Trinajstić information content (AvgIpc) is 2.95. The number of hydrogen-bond acceptors (Lipinski definition) is 5. The van der Waals surface area contributed by atoms with Crippen molar-refractivity contribution >= 4 is 40.8 Å². The standard InChI is InChI=1S/C15H13N3O2S2/c1-2-20-15(19)14(22-11-6-4-3-5-7-11)10-13-12(17-18-16)8-9-21-13/h3-10H,2H2,1H3/b14-10-. The highest BCUT2D eigenvalue weighted by Crippen LogP contribution is 2.34. The third-order valence-electron chi connectivity index (χ3n) is 2.54. The molecule has 7 heteroatoms. The largest absolute Gasteiger partial charge is 0.462 e. The molecule has 0 N–H and O–H groups in total. The first kappa shape index (κ1) is 16.2. The number of nitrogens with zero attached hydrogens (tertiary/aromatic N) is 3. The molecule has 0 saturated heterocycles. The van der Waals surface area contributed by atoms with Crippen molar-refractivity contribution in [1.29, 1.82) is 0 Å². The summed E-state index contributed by atoms with van der Waals surface area (Å²) in [5.74, 6) is -0.392. The van der Waals surface area contributed by atoms with Gasteiger partial charge in [-0.3, -0.25) is 0 Å². The minimum absolute atomic E-state index is 0.305. The molecule has 1 aromatic heterocycles. The molecule has 0 amide bonds. The van der Waals surface area contributed by atoms with Crippen LogP contribution in [0.2, 0.25) is 0 Å². The molecule has 0 radical (unpaired) electrons. The minimum atomic E-state index is -0.392. The van der Waals surface area contributed by atoms with Gasteiger partial charge in [-0.1, -0.05) is 35.1 Å². The molecule has 22 heavy (non-hydrogen) atoms. The second kappa shape index (κ2) is 8.29. The van der Waals surface area contributed by atoms with Gasteiger partial charge in [0, 0.05) is 14.7 Å². The van der Waals surface area contributed by atoms with Gasteiger partial charge < -0.3 is 4.74 Å². The number of rotatable bonds is 6. The molecule has 0 fully saturated rings. The van der Waals surface area contributed by atoms with Crippen LogP contribution < -0.4 is 0 Å². The van der Waals surface area contributed by atoms with Gasteiger partial charge in [0.1, 0.15) is 0 Å². The predicted molar refractivity (Wildman–Crippen MR) is 90.0 cm³/mol. The van der Waals surface area contributed by atoms with Crippen LogP contribution in [-0.4, -0.2) is 12.6 Å². The highest BCUT2D eigenvalue weighted by molar-refractivity contribution is 8.04. The van der Waals surface area contributed by atoms with Crippen LogP contribution in [-0.2, 0) is 9.53 Å². The first-order valence-electron chi connectivity index (χ1n) is 6.49. The number of benzene rings is 1. The molecule has 0 atom stereocenters. The van der Waals surface area contributed by atoms with Crippen LogP contribution in [0.3, 0.4) is 0 Å². The monoisotopic (exact) mass is 331 g/mol. The Bertz CT molecular complexity index is 719. The van der Waals surface area contributed by atoms with Crippen molar-refractivity contribution in [3.63, 3.8) is 0 Å². The zero-order valence-corrected chi connectivity index (χ0v) is 13.4. The van der Waals surface area contributed by atoms with Gasteiger partial charge >= 0.3 is 5.97 Å². The third-order valence-corrected chi connectivity index (χ3v) is 4.40. The second-order valence-corrected chi connectivity index (χ2v) is 6.07. The summed E-state index contributed by atoms with van der Waals surface area (Å²) in [6.45, 7) is 2.07. The van der Waals surface area contributed by atoms with Gasteiger partial charge in [-0.15, -0.1) is 11.3 Å². The molecule has 2 aromatic rings. The number of thiophene rings is 1. The van der Waals surface area contributed by atoms with Gasteiger partial charge in [-0.2, -0.15) is 0 Å². The SMILES string of the molecule is CCOC(=O)/C(=C/c1sccc1N=[N+]=[N-])Sc1ccccc1. The summed E-state index contributed by atoms with van der Waals surface area (Å²) in [6, 6.07) is 11.3. The molecule has 5 nitrogen and oxygen atoms in total. The van der Waals surface area contributed by atoms with Crippen molar-refractivity contribution < 1.29 is 9.53 Å². The number of ether oxygens (including phenoxy) is 1. The fourth-order valence-electron chi connectivity index (χ4n) is 1.62. The summed E-state index contributed by atoms with van der Waals surface area (Å²) in [7, 11) is 0. The molecular weight excluding hydrogens is 318 g/mol. The molecule has 0 saturated carbocycles. The lowest BCUT2D eigenvalue weighted by Gasteiger charge is -2.06. The molecule has 1 aromatic carbocycles. The van der Waals surface area contributed by atoms with E-state index in [1.165, 1.54) is 23.1 Å². The highest BCUT2D eigenvalue weighted by atomic mass is 32.2. The zero-order chi connectivity index (χ0) is 15.8. The van der Waals surface area contributed by atoms with Crippen molar-refractivity contribution in [3.05, 3.63) is 62.0 Å². The molecule has 0 aliphatic heterocycles. The fraction of sp³-hybridized carbons (Fsp3) is 0.133. The topological polar surface area (TPSA) is 75.1 Å². The van der Waals surface area contributed by atoms with Crippen molar-refractivity contribution in [2.24, 2.45) is 5.11 Å². The van der Waals surface area contributed by atoms with Gasteiger partial charge in [0.25, 0.3) is 0 Å². The summed E-state index contributed by atoms with van der Waals surface area (Å²) in [5.41, 5.74) is 9.07. The van der Waals surface area contributed by atoms with Gasteiger partial charge in [0.05, 0.1) is 17.2 Å². The number of esters is 1. The van der Waals surface area contributed by atoms with E-state index < -0.39 is 5.97 Å². The summed E-state index contributed by atoms with van der Waals surface area (Å²) < 4.78 is 5.10. The van der Waals surface area contributed by atoms with Crippen molar-refractivity contribution in [1.82, 2.24) is 0 Å². The smallest absolute Gasteiger partial charge is 0.345 e. The van der Waals surface area contributed by atoms with E-state index in [9.17, 15) is 4.79 Å². The number of carbonyl (C=O) groups is 1. The third kappa shape index (κ3) is 4.39. The van der Waals surface area contributed by atoms with E-state index in [0.29, 0.717) is 17.2 Å². The Morgan fingerprint density at radius 3 is 2.86 bits per heavy atom. The Balaban J connectivity index is 2.35. The van der Waals surface area contributed by atoms with Crippen molar-refractivity contribution in [2.45, 2.75) is 11.8 Å². The van der Waals surface area contributed by atoms with Gasteiger partial charge in [0.15, 0.2) is 0 Å². The number of azide groups is 1. The molecule has 0 aliphatic carbocycles. The number of thioether (sulfide) groups is 1. The van der Waals surface area contributed by atoms with Crippen LogP contribution in [0.25, 0.3) is 16.5 Å². The van der Waals surface area contributed by atoms with Gasteiger partial charge in [-0.05, 0) is 42.1 Å². The molecular formula is C15H13N3O2S2. The Morgan fingerprint density at radius 2 is 2.18 bits per heavy atom. The van der Waals surface area contributed by atoms with Crippen LogP contribution in [0.1, 0.15) is 11.8 Å². The summed E-state index contributed by atoms with van der Waals surface area (Å²) in [5, 5.41) is 5.43. The lowest BCUT2D eigenvalue weighted by molar-refractivity contribution is -0.137. The Hall–Kier alpha value is -2.21. The van der Waals surface area contributed by atoms with Crippen molar-refractivity contribution in [2.75, 3.05) is 6.61 Å². The van der Waals surface area contributed by atoms with Crippen LogP contribution in [0.15, 0.2) is 56.7 Å². The first-order chi connectivity index (χ1) is 10.7. The normalized spacial score (nSPS) is 10.9. The zero-order valence-electron chi connectivity index (χ0n) is 11.8. The van der Waals surface area contributed by atoms with Crippen LogP contribution >= 0.6 is 23.1 Å². The van der Waals surface area contributed by atoms with E-state index in [4.69, 9.17) is 10.3 Å². The highest BCUT2D eigenvalue weighted by Gasteiger charge is 2.14. The lowest BCUT2D eigenvalue weighted by atomic mass is 10.3. The van der Waals surface area contributed by atoms with E-state index in [1.54, 1.807) is 19.1 Å². The molecule has 1 heterocycles. The molecule has 0 bridgehead atoms. The maximum atomic E-state index is 12.1. The van der Waals surface area contributed by atoms with Crippen LogP contribution in [0, 0.1) is 0 Å². The Labute approximate surface area is 136 Å². The van der Waals surface area contributed by atoms with Crippen molar-refractivity contribution in [3.8, 4) is 0 Å². The summed E-state index contributed by atoms with van der Waals surface area (Å²) in [4.78, 5) is 17.0. The molecule has 112 valence electrons. The lowest BCUT2D eigenvalue weighted by Crippen LogP contribution is -2.05. The van der Waals surface area contributed by atoms with E-state index in [2.05, 4.69) is 10.0 Å². The number of hydrogen-bond donors (Lipinski definition) is 0. The summed E-state index contributed by atoms with van der Waals surface area (Å²) in [6.07, 6.45) is 1.70. The van der Waals surface area contributed by atoms with Crippen LogP contribution in [0.5, 0.6) is 0 Å². The van der Waals surface area contributed by atoms with E-state index in [0.717, 1.165) is 9.77 Å². The minimum Gasteiger partial charge on any atom is -0.462 e. The molecule has 2 rings (SSSR count). The molecule has 0 spiro atoms. The van der Waals surface area contributed by atoms with E-state index in [-0.39, 0.29) is 0 Å². The maximum absolute atomic E-state index is 12.1. The Morgan fingerprint density at radius 1 is 1.41 bits per heavy atom. The maximum Gasteiger partial charge on any atom is 0.345 e. The summed E-state index contributed by atoms with van der Waals surface area (Å²) >= 11 is 2.72. The van der Waals surface area contributed by atoms with Gasteiger partial charge in [-0.25, -0.2) is 4.79 Å². The molecule has 0 unspecified atom stereocenters. The molecule has 0 aliphatic rings. The number of carbonyl (C=O) groups excluding carboxylic acids is 1. The average molecular weight is 331 g/mol. The predicted octanol–water partition coefficient (Wildman–Crippen LogP) is 5.39. The first-order valence-corrected chi connectivity index (χ1v) is 8.18. The van der Waals surface area contributed by atoms with E-state index >= 15 is 0 Å². The second-order valence-electron chi connectivity index (χ2n) is 4.00. The Kier molecular flexibility index (Phi) is 6.09.